The van der Waals surface area contributed by atoms with Gasteiger partial charge >= 0.3 is 0 Å². The molecular weight excluding hydrogens is 393 g/mol. The Hall–Kier alpha value is -1.18. The summed E-state index contributed by atoms with van der Waals surface area (Å²) in [6.07, 6.45) is 3.62. The summed E-state index contributed by atoms with van der Waals surface area (Å²) in [6, 6.07) is 5.89. The first-order valence-corrected chi connectivity index (χ1v) is 7.40. The molecule has 22 heavy (non-hydrogen) atoms. The number of rotatable bonds is 8. The van der Waals surface area contributed by atoms with Gasteiger partial charge in [-0.15, -0.1) is 24.0 Å². The summed E-state index contributed by atoms with van der Waals surface area (Å²) in [5, 5.41) is 6.60. The number of halogens is 1. The fraction of sp³-hybridized carbons (Fsp3) is 0.562. The third-order valence-corrected chi connectivity index (χ3v) is 3.20. The molecule has 0 saturated carbocycles. The molecule has 0 aromatic heterocycles. The summed E-state index contributed by atoms with van der Waals surface area (Å²) in [5.74, 6) is 2.30. The highest BCUT2D eigenvalue weighted by Crippen LogP contribution is 2.27. The summed E-state index contributed by atoms with van der Waals surface area (Å²) < 4.78 is 10.5. The van der Waals surface area contributed by atoms with Gasteiger partial charge < -0.3 is 20.1 Å². The van der Waals surface area contributed by atoms with Crippen LogP contribution < -0.4 is 20.1 Å². The fourth-order valence-electron chi connectivity index (χ4n) is 1.98. The summed E-state index contributed by atoms with van der Waals surface area (Å²) in [6.45, 7) is 3.83. The molecule has 0 aliphatic rings. The van der Waals surface area contributed by atoms with E-state index >= 15 is 0 Å². The van der Waals surface area contributed by atoms with Crippen LogP contribution in [0, 0.1) is 0 Å². The molecule has 6 heteroatoms. The van der Waals surface area contributed by atoms with Gasteiger partial charge in [0.1, 0.15) is 0 Å². The highest BCUT2D eigenvalue weighted by atomic mass is 127. The Morgan fingerprint density at radius 2 is 1.82 bits per heavy atom. The van der Waals surface area contributed by atoms with Crippen molar-refractivity contribution in [1.29, 1.82) is 0 Å². The molecule has 2 N–H and O–H groups in total. The number of unbranched alkanes of at least 4 members (excludes halogenated alkanes) is 2. The first kappa shape index (κ1) is 20.8. The SMILES string of the molecule is CCCCCNC(=NC)NCc1ccc(OC)c(OC)c1.I. The van der Waals surface area contributed by atoms with Gasteiger partial charge in [0.05, 0.1) is 14.2 Å². The Balaban J connectivity index is 0.00000441. The average molecular weight is 421 g/mol. The van der Waals surface area contributed by atoms with Crippen molar-refractivity contribution >= 4 is 29.9 Å². The van der Waals surface area contributed by atoms with Crippen LogP contribution in [0.25, 0.3) is 0 Å². The van der Waals surface area contributed by atoms with Crippen LogP contribution in [0.2, 0.25) is 0 Å². The van der Waals surface area contributed by atoms with Gasteiger partial charge in [0, 0.05) is 20.1 Å². The lowest BCUT2D eigenvalue weighted by Crippen LogP contribution is -2.37. The normalized spacial score (nSPS) is 10.6. The molecule has 0 radical (unpaired) electrons. The van der Waals surface area contributed by atoms with Crippen molar-refractivity contribution in [2.75, 3.05) is 27.8 Å². The second-order valence-corrected chi connectivity index (χ2v) is 4.75. The van der Waals surface area contributed by atoms with Crippen LogP contribution >= 0.6 is 24.0 Å². The quantitative estimate of drug-likeness (QED) is 0.293. The third-order valence-electron chi connectivity index (χ3n) is 3.20. The Morgan fingerprint density at radius 3 is 2.41 bits per heavy atom. The lowest BCUT2D eigenvalue weighted by Gasteiger charge is -2.13. The molecule has 5 nitrogen and oxygen atoms in total. The predicted molar refractivity (Wildman–Crippen MR) is 103 cm³/mol. The van der Waals surface area contributed by atoms with Crippen LogP contribution in [0.4, 0.5) is 0 Å². The maximum absolute atomic E-state index is 5.30. The number of hydrogen-bond donors (Lipinski definition) is 2. The Bertz CT molecular complexity index is 453. The van der Waals surface area contributed by atoms with E-state index in [9.17, 15) is 0 Å². The second-order valence-electron chi connectivity index (χ2n) is 4.75. The number of hydrogen-bond acceptors (Lipinski definition) is 3. The van der Waals surface area contributed by atoms with Crippen molar-refractivity contribution in [2.45, 2.75) is 32.7 Å². The molecule has 0 aliphatic heterocycles. The van der Waals surface area contributed by atoms with Crippen LogP contribution in [0.15, 0.2) is 23.2 Å². The molecule has 0 amide bonds. The molecule has 0 aliphatic carbocycles. The maximum Gasteiger partial charge on any atom is 0.191 e. The van der Waals surface area contributed by atoms with Gasteiger partial charge in [-0.1, -0.05) is 25.8 Å². The van der Waals surface area contributed by atoms with Gasteiger partial charge in [-0.25, -0.2) is 0 Å². The number of guanidine groups is 1. The molecule has 0 bridgehead atoms. The Labute approximate surface area is 150 Å². The number of ether oxygens (including phenoxy) is 2. The van der Waals surface area contributed by atoms with Crippen LogP contribution in [-0.4, -0.2) is 33.8 Å². The summed E-state index contributed by atoms with van der Waals surface area (Å²) in [4.78, 5) is 4.22. The molecule has 0 fully saturated rings. The van der Waals surface area contributed by atoms with Crippen LogP contribution in [0.5, 0.6) is 11.5 Å². The van der Waals surface area contributed by atoms with Crippen molar-refractivity contribution in [3.8, 4) is 11.5 Å². The topological polar surface area (TPSA) is 54.9 Å². The molecule has 0 spiro atoms. The first-order valence-electron chi connectivity index (χ1n) is 7.40. The lowest BCUT2D eigenvalue weighted by molar-refractivity contribution is 0.354. The number of benzene rings is 1. The third kappa shape index (κ3) is 7.20. The van der Waals surface area contributed by atoms with Gasteiger partial charge in [0.2, 0.25) is 0 Å². The lowest BCUT2D eigenvalue weighted by atomic mass is 10.2. The summed E-state index contributed by atoms with van der Waals surface area (Å²) in [5.41, 5.74) is 1.11. The van der Waals surface area contributed by atoms with Gasteiger partial charge in [0.25, 0.3) is 0 Å². The Kier molecular flexibility index (Phi) is 11.7. The van der Waals surface area contributed by atoms with Crippen molar-refractivity contribution in [1.82, 2.24) is 10.6 Å². The van der Waals surface area contributed by atoms with Crippen LogP contribution in [-0.2, 0) is 6.54 Å². The van der Waals surface area contributed by atoms with Crippen LogP contribution in [0.3, 0.4) is 0 Å². The van der Waals surface area contributed by atoms with E-state index in [1.807, 2.05) is 18.2 Å². The highest BCUT2D eigenvalue weighted by Gasteiger charge is 2.05. The molecular formula is C16H28IN3O2. The smallest absolute Gasteiger partial charge is 0.191 e. The van der Waals surface area contributed by atoms with Crippen LogP contribution in [0.1, 0.15) is 31.7 Å². The van der Waals surface area contributed by atoms with Crippen molar-refractivity contribution in [3.63, 3.8) is 0 Å². The van der Waals surface area contributed by atoms with E-state index in [4.69, 9.17) is 9.47 Å². The highest BCUT2D eigenvalue weighted by molar-refractivity contribution is 14.0. The van der Waals surface area contributed by atoms with E-state index in [2.05, 4.69) is 22.5 Å². The molecule has 0 unspecified atom stereocenters. The number of nitrogens with zero attached hydrogens (tertiary/aromatic N) is 1. The van der Waals surface area contributed by atoms with Gasteiger partial charge in [-0.05, 0) is 24.1 Å². The van der Waals surface area contributed by atoms with Crippen molar-refractivity contribution < 1.29 is 9.47 Å². The molecule has 0 atom stereocenters. The van der Waals surface area contributed by atoms with Crippen molar-refractivity contribution in [3.05, 3.63) is 23.8 Å². The molecule has 126 valence electrons. The standard InChI is InChI=1S/C16H27N3O2.HI/c1-5-6-7-10-18-16(17-2)19-12-13-8-9-14(20-3)15(11-13)21-4;/h8-9,11H,5-7,10,12H2,1-4H3,(H2,17,18,19);1H. The minimum Gasteiger partial charge on any atom is -0.493 e. The predicted octanol–water partition coefficient (Wildman–Crippen LogP) is 3.18. The monoisotopic (exact) mass is 421 g/mol. The minimum atomic E-state index is 0. The van der Waals surface area contributed by atoms with E-state index < -0.39 is 0 Å². The molecule has 1 rings (SSSR count). The van der Waals surface area contributed by atoms with Gasteiger partial charge in [-0.2, -0.15) is 0 Å². The average Bonchev–Trinajstić information content (AvgIpc) is 2.53. The minimum absolute atomic E-state index is 0. The van der Waals surface area contributed by atoms with E-state index in [0.29, 0.717) is 6.54 Å². The fourth-order valence-corrected chi connectivity index (χ4v) is 1.98. The largest absolute Gasteiger partial charge is 0.493 e. The number of aliphatic imine (C=N–C) groups is 1. The zero-order valence-electron chi connectivity index (χ0n) is 13.9. The molecule has 1 aromatic rings. The van der Waals surface area contributed by atoms with Gasteiger partial charge in [0.15, 0.2) is 17.5 Å². The van der Waals surface area contributed by atoms with E-state index in [1.54, 1.807) is 21.3 Å². The van der Waals surface area contributed by atoms with E-state index in [-0.39, 0.29) is 24.0 Å². The van der Waals surface area contributed by atoms with Crippen molar-refractivity contribution in [2.24, 2.45) is 4.99 Å². The maximum atomic E-state index is 5.30. The molecule has 1 aromatic carbocycles. The second kappa shape index (κ2) is 12.4. The molecule has 0 heterocycles. The Morgan fingerprint density at radius 1 is 1.09 bits per heavy atom. The zero-order valence-corrected chi connectivity index (χ0v) is 16.3. The van der Waals surface area contributed by atoms with E-state index in [1.165, 1.54) is 12.8 Å². The van der Waals surface area contributed by atoms with Gasteiger partial charge in [-0.3, -0.25) is 4.99 Å². The summed E-state index contributed by atoms with van der Waals surface area (Å²) in [7, 11) is 5.06. The zero-order chi connectivity index (χ0) is 15.5. The molecule has 0 saturated heterocycles. The number of nitrogens with one attached hydrogen (secondary N) is 2. The van der Waals surface area contributed by atoms with E-state index in [0.717, 1.165) is 36.0 Å². The number of methoxy groups -OCH3 is 2. The summed E-state index contributed by atoms with van der Waals surface area (Å²) >= 11 is 0. The first-order chi connectivity index (χ1) is 10.2.